The van der Waals surface area contributed by atoms with E-state index in [9.17, 15) is 0 Å². The number of fused-ring (bicyclic) bond motifs is 2. The van der Waals surface area contributed by atoms with Gasteiger partial charge in [0.15, 0.2) is 0 Å². The van der Waals surface area contributed by atoms with E-state index in [0.29, 0.717) is 10.6 Å². The smallest absolute Gasteiger partial charge is 0.101 e. The third kappa shape index (κ3) is 1.54. The van der Waals surface area contributed by atoms with Gasteiger partial charge >= 0.3 is 0 Å². The predicted molar refractivity (Wildman–Crippen MR) is 71.2 cm³/mol. The minimum atomic E-state index is 0.510. The van der Waals surface area contributed by atoms with Crippen molar-refractivity contribution in [1.82, 2.24) is 0 Å². The molecular weight excluding hydrogens is 230 g/mol. The van der Waals surface area contributed by atoms with Crippen LogP contribution in [0.4, 0.5) is 0 Å². The lowest BCUT2D eigenvalue weighted by molar-refractivity contribution is 1.50. The summed E-state index contributed by atoms with van der Waals surface area (Å²) in [4.78, 5) is 0. The van der Waals surface area contributed by atoms with Crippen molar-refractivity contribution in [3.05, 3.63) is 59.1 Å². The molecule has 0 N–H and O–H groups in total. The predicted octanol–water partition coefficient (Wildman–Crippen LogP) is 4.52. The van der Waals surface area contributed by atoms with Gasteiger partial charge in [-0.3, -0.25) is 0 Å². The number of hydrogen-bond acceptors (Lipinski definition) is 1. The molecule has 0 aliphatic heterocycles. The normalized spacial score (nSPS) is 10.6. The largest absolute Gasteiger partial charge is 0.192 e. The summed E-state index contributed by atoms with van der Waals surface area (Å²) in [6.07, 6.45) is 0. The number of nitriles is 1. The molecule has 0 aliphatic carbocycles. The van der Waals surface area contributed by atoms with Gasteiger partial charge in [-0.25, -0.2) is 0 Å². The van der Waals surface area contributed by atoms with Crippen molar-refractivity contribution in [1.29, 1.82) is 5.26 Å². The molecule has 0 atom stereocenters. The Morgan fingerprint density at radius 2 is 1.59 bits per heavy atom. The number of rotatable bonds is 0. The van der Waals surface area contributed by atoms with Gasteiger partial charge in [0.2, 0.25) is 0 Å². The minimum absolute atomic E-state index is 0.510. The Balaban J connectivity index is 2.53. The van der Waals surface area contributed by atoms with Crippen molar-refractivity contribution >= 4 is 33.1 Å². The second-order valence-corrected chi connectivity index (χ2v) is 4.36. The number of nitrogens with zero attached hydrogens (tertiary/aromatic N) is 1. The molecule has 0 heterocycles. The quantitative estimate of drug-likeness (QED) is 0.528. The fourth-order valence-electron chi connectivity index (χ4n) is 2.10. The monoisotopic (exact) mass is 237 g/mol. The van der Waals surface area contributed by atoms with Crippen LogP contribution in [-0.4, -0.2) is 0 Å². The highest BCUT2D eigenvalue weighted by atomic mass is 35.5. The van der Waals surface area contributed by atoms with Gasteiger partial charge in [-0.15, -0.1) is 0 Å². The van der Waals surface area contributed by atoms with E-state index >= 15 is 0 Å². The van der Waals surface area contributed by atoms with E-state index in [1.54, 1.807) is 6.07 Å². The van der Waals surface area contributed by atoms with E-state index in [1.807, 2.05) is 30.3 Å². The molecule has 0 saturated heterocycles. The van der Waals surface area contributed by atoms with Crippen LogP contribution in [0.2, 0.25) is 5.02 Å². The Bertz CT molecular complexity index is 769. The average Bonchev–Trinajstić information content (AvgIpc) is 2.36. The lowest BCUT2D eigenvalue weighted by Gasteiger charge is -2.05. The molecule has 0 aromatic heterocycles. The van der Waals surface area contributed by atoms with Crippen LogP contribution in [-0.2, 0) is 0 Å². The molecule has 0 amide bonds. The van der Waals surface area contributed by atoms with Crippen LogP contribution in [0.3, 0.4) is 0 Å². The maximum absolute atomic E-state index is 9.15. The summed E-state index contributed by atoms with van der Waals surface area (Å²) in [5.74, 6) is 0. The SMILES string of the molecule is N#Cc1c(Cl)ccc2cc3ccccc3cc12. The maximum atomic E-state index is 9.15. The minimum Gasteiger partial charge on any atom is -0.192 e. The van der Waals surface area contributed by atoms with Crippen LogP contribution in [0.1, 0.15) is 5.56 Å². The van der Waals surface area contributed by atoms with Gasteiger partial charge in [-0.1, -0.05) is 41.9 Å². The van der Waals surface area contributed by atoms with E-state index in [-0.39, 0.29) is 0 Å². The Hall–Kier alpha value is -2.04. The topological polar surface area (TPSA) is 23.8 Å². The van der Waals surface area contributed by atoms with Crippen molar-refractivity contribution in [2.24, 2.45) is 0 Å². The highest BCUT2D eigenvalue weighted by molar-refractivity contribution is 6.33. The van der Waals surface area contributed by atoms with Gasteiger partial charge in [-0.2, -0.15) is 5.26 Å². The molecule has 0 aliphatic rings. The second-order valence-electron chi connectivity index (χ2n) is 3.95. The van der Waals surface area contributed by atoms with Gasteiger partial charge < -0.3 is 0 Å². The zero-order chi connectivity index (χ0) is 11.8. The molecule has 0 unspecified atom stereocenters. The van der Waals surface area contributed by atoms with E-state index in [1.165, 1.54) is 5.39 Å². The van der Waals surface area contributed by atoms with E-state index < -0.39 is 0 Å². The molecule has 1 nitrogen and oxygen atoms in total. The molecule has 17 heavy (non-hydrogen) atoms. The highest BCUT2D eigenvalue weighted by Crippen LogP contribution is 2.29. The first kappa shape index (κ1) is 10.1. The fourth-order valence-corrected chi connectivity index (χ4v) is 2.31. The summed E-state index contributed by atoms with van der Waals surface area (Å²) < 4.78 is 0. The zero-order valence-corrected chi connectivity index (χ0v) is 9.70. The first-order chi connectivity index (χ1) is 8.29. The average molecular weight is 238 g/mol. The van der Waals surface area contributed by atoms with Crippen LogP contribution in [0.5, 0.6) is 0 Å². The highest BCUT2D eigenvalue weighted by Gasteiger charge is 2.06. The molecule has 3 rings (SSSR count). The van der Waals surface area contributed by atoms with Crippen LogP contribution in [0.25, 0.3) is 21.5 Å². The van der Waals surface area contributed by atoms with Crippen molar-refractivity contribution in [3.63, 3.8) is 0 Å². The Morgan fingerprint density at radius 3 is 2.29 bits per heavy atom. The second kappa shape index (κ2) is 3.76. The molecular formula is C15H8ClN. The molecule has 0 radical (unpaired) electrons. The van der Waals surface area contributed by atoms with Crippen LogP contribution in [0, 0.1) is 11.3 Å². The number of halogens is 1. The van der Waals surface area contributed by atoms with Gasteiger partial charge in [0, 0.05) is 5.39 Å². The molecule has 0 bridgehead atoms. The van der Waals surface area contributed by atoms with Crippen molar-refractivity contribution in [3.8, 4) is 6.07 Å². The first-order valence-corrected chi connectivity index (χ1v) is 5.68. The van der Waals surface area contributed by atoms with Gasteiger partial charge in [0.25, 0.3) is 0 Å². The van der Waals surface area contributed by atoms with E-state index in [4.69, 9.17) is 16.9 Å². The molecule has 0 spiro atoms. The summed E-state index contributed by atoms with van der Waals surface area (Å²) >= 11 is 6.03. The molecule has 0 saturated carbocycles. The summed E-state index contributed by atoms with van der Waals surface area (Å²) in [5, 5.41) is 13.9. The van der Waals surface area contributed by atoms with E-state index in [2.05, 4.69) is 18.2 Å². The summed E-state index contributed by atoms with van der Waals surface area (Å²) in [6, 6.07) is 18.1. The van der Waals surface area contributed by atoms with Crippen LogP contribution >= 0.6 is 11.6 Å². The van der Waals surface area contributed by atoms with Gasteiger partial charge in [0.1, 0.15) is 6.07 Å². The Morgan fingerprint density at radius 1 is 0.882 bits per heavy atom. The zero-order valence-electron chi connectivity index (χ0n) is 8.94. The molecule has 3 aromatic rings. The third-order valence-electron chi connectivity index (χ3n) is 2.95. The maximum Gasteiger partial charge on any atom is 0.101 e. The molecule has 0 fully saturated rings. The fraction of sp³-hybridized carbons (Fsp3) is 0. The number of benzene rings is 3. The van der Waals surface area contributed by atoms with Crippen molar-refractivity contribution < 1.29 is 0 Å². The van der Waals surface area contributed by atoms with Gasteiger partial charge in [0.05, 0.1) is 10.6 Å². The van der Waals surface area contributed by atoms with Crippen LogP contribution < -0.4 is 0 Å². The summed E-state index contributed by atoms with van der Waals surface area (Å²) in [5.41, 5.74) is 0.551. The third-order valence-corrected chi connectivity index (χ3v) is 3.26. The Kier molecular flexibility index (Phi) is 2.24. The van der Waals surface area contributed by atoms with Crippen LogP contribution in [0.15, 0.2) is 48.5 Å². The molecule has 3 aromatic carbocycles. The Labute approximate surface area is 104 Å². The molecule has 80 valence electrons. The summed E-state index contributed by atoms with van der Waals surface area (Å²) in [6.45, 7) is 0. The first-order valence-electron chi connectivity index (χ1n) is 5.31. The molecule has 2 heteroatoms. The van der Waals surface area contributed by atoms with Gasteiger partial charge in [-0.05, 0) is 34.4 Å². The van der Waals surface area contributed by atoms with Crippen molar-refractivity contribution in [2.45, 2.75) is 0 Å². The lowest BCUT2D eigenvalue weighted by atomic mass is 10.0. The summed E-state index contributed by atoms with van der Waals surface area (Å²) in [7, 11) is 0. The number of hydrogen-bond donors (Lipinski definition) is 0. The lowest BCUT2D eigenvalue weighted by Crippen LogP contribution is -1.83. The standard InChI is InChI=1S/C15H8ClN/c16-15-6-5-12-7-10-3-1-2-4-11(10)8-13(12)14(15)9-17/h1-8H. The van der Waals surface area contributed by atoms with Crippen molar-refractivity contribution in [2.75, 3.05) is 0 Å². The van der Waals surface area contributed by atoms with E-state index in [0.717, 1.165) is 16.2 Å².